The van der Waals surface area contributed by atoms with E-state index in [1.165, 1.54) is 4.88 Å². The van der Waals surface area contributed by atoms with E-state index in [1.807, 2.05) is 0 Å². The van der Waals surface area contributed by atoms with Gasteiger partial charge in [-0.25, -0.2) is 0 Å². The Bertz CT molecular complexity index is 404. The van der Waals surface area contributed by atoms with Gasteiger partial charge < -0.3 is 10.2 Å². The maximum absolute atomic E-state index is 12.6. The summed E-state index contributed by atoms with van der Waals surface area (Å²) in [6, 6.07) is 4.60. The van der Waals surface area contributed by atoms with Crippen molar-refractivity contribution >= 4 is 29.7 Å². The standard InChI is InChI=1S/C14H20N2OS.ClH/c17-14(11-4-1-7-15-10-11)16-8-2-5-12(16)13-6-3-9-18-13;/h3,6,9,11-12,15H,1-2,4-5,7-8,10H2;1H/t11-,12?;/m1./s1. The summed E-state index contributed by atoms with van der Waals surface area (Å²) in [7, 11) is 0. The molecule has 2 aliphatic rings. The fraction of sp³-hybridized carbons (Fsp3) is 0.643. The molecule has 2 saturated heterocycles. The van der Waals surface area contributed by atoms with Crippen LogP contribution in [0.15, 0.2) is 17.5 Å². The molecule has 1 unspecified atom stereocenters. The number of nitrogens with one attached hydrogen (secondary N) is 1. The zero-order valence-electron chi connectivity index (χ0n) is 11.0. The molecule has 1 aromatic rings. The Morgan fingerprint density at radius 3 is 2.95 bits per heavy atom. The number of carbonyl (C=O) groups is 1. The van der Waals surface area contributed by atoms with E-state index in [1.54, 1.807) is 11.3 Å². The third kappa shape index (κ3) is 3.12. The highest BCUT2D eigenvalue weighted by Gasteiger charge is 2.34. The fourth-order valence-electron chi connectivity index (χ4n) is 3.10. The van der Waals surface area contributed by atoms with Crippen molar-refractivity contribution in [2.75, 3.05) is 19.6 Å². The molecular weight excluding hydrogens is 280 g/mol. The van der Waals surface area contributed by atoms with E-state index in [2.05, 4.69) is 27.7 Å². The van der Waals surface area contributed by atoms with E-state index in [4.69, 9.17) is 0 Å². The van der Waals surface area contributed by atoms with Crippen LogP contribution in [0, 0.1) is 5.92 Å². The molecule has 0 spiro atoms. The monoisotopic (exact) mass is 300 g/mol. The fourth-order valence-corrected chi connectivity index (χ4v) is 3.98. The summed E-state index contributed by atoms with van der Waals surface area (Å²) >= 11 is 1.78. The van der Waals surface area contributed by atoms with E-state index in [0.29, 0.717) is 11.9 Å². The second-order valence-electron chi connectivity index (χ2n) is 5.25. The molecule has 1 aromatic heterocycles. The third-order valence-electron chi connectivity index (χ3n) is 4.05. The predicted octanol–water partition coefficient (Wildman–Crippen LogP) is 2.83. The molecule has 3 heterocycles. The topological polar surface area (TPSA) is 32.3 Å². The van der Waals surface area contributed by atoms with Crippen molar-refractivity contribution in [1.29, 1.82) is 0 Å². The number of hydrogen-bond acceptors (Lipinski definition) is 3. The molecule has 0 aromatic carbocycles. The lowest BCUT2D eigenvalue weighted by molar-refractivity contribution is -0.137. The lowest BCUT2D eigenvalue weighted by Gasteiger charge is -2.30. The van der Waals surface area contributed by atoms with Crippen molar-refractivity contribution in [3.8, 4) is 0 Å². The van der Waals surface area contributed by atoms with Gasteiger partial charge in [0.1, 0.15) is 0 Å². The summed E-state index contributed by atoms with van der Waals surface area (Å²) in [6.45, 7) is 2.88. The van der Waals surface area contributed by atoms with Gasteiger partial charge in [0.15, 0.2) is 0 Å². The quantitative estimate of drug-likeness (QED) is 0.911. The highest BCUT2D eigenvalue weighted by Crippen LogP contribution is 2.35. The maximum atomic E-state index is 12.6. The molecule has 0 saturated carbocycles. The molecule has 2 atom stereocenters. The Morgan fingerprint density at radius 1 is 1.37 bits per heavy atom. The first-order chi connectivity index (χ1) is 8.86. The molecule has 1 amide bonds. The number of nitrogens with zero attached hydrogens (tertiary/aromatic N) is 1. The zero-order valence-corrected chi connectivity index (χ0v) is 12.6. The Kier molecular flexibility index (Phi) is 5.25. The molecule has 0 aliphatic carbocycles. The molecule has 2 fully saturated rings. The van der Waals surface area contributed by atoms with Crippen LogP contribution >= 0.6 is 23.7 Å². The van der Waals surface area contributed by atoms with E-state index >= 15 is 0 Å². The molecule has 5 heteroatoms. The second-order valence-corrected chi connectivity index (χ2v) is 6.23. The summed E-state index contributed by atoms with van der Waals surface area (Å²) in [4.78, 5) is 16.1. The number of hydrogen-bond donors (Lipinski definition) is 1. The number of rotatable bonds is 2. The molecule has 106 valence electrons. The van der Waals surface area contributed by atoms with Crippen LogP contribution in [0.3, 0.4) is 0 Å². The number of carbonyl (C=O) groups excluding carboxylic acids is 1. The first kappa shape index (κ1) is 14.8. The SMILES string of the molecule is Cl.O=C([C@@H]1CCCNC1)N1CCCC1c1cccs1. The summed E-state index contributed by atoms with van der Waals surface area (Å²) in [6.07, 6.45) is 4.47. The van der Waals surface area contributed by atoms with Gasteiger partial charge in [-0.05, 0) is 43.7 Å². The molecule has 3 nitrogen and oxygen atoms in total. The zero-order chi connectivity index (χ0) is 12.4. The van der Waals surface area contributed by atoms with Gasteiger partial charge in [-0.15, -0.1) is 23.7 Å². The van der Waals surface area contributed by atoms with Crippen LogP contribution in [0.5, 0.6) is 0 Å². The van der Waals surface area contributed by atoms with Crippen LogP contribution in [0.2, 0.25) is 0 Å². The van der Waals surface area contributed by atoms with Gasteiger partial charge in [0.25, 0.3) is 0 Å². The number of likely N-dealkylation sites (tertiary alicyclic amines) is 1. The average Bonchev–Trinajstić information content (AvgIpc) is 3.09. The van der Waals surface area contributed by atoms with Crippen LogP contribution in [-0.2, 0) is 4.79 Å². The number of halogens is 1. The van der Waals surface area contributed by atoms with Gasteiger partial charge in [0, 0.05) is 18.0 Å². The number of amides is 1. The molecule has 0 bridgehead atoms. The second kappa shape index (κ2) is 6.73. The Morgan fingerprint density at radius 2 is 2.26 bits per heavy atom. The summed E-state index contributed by atoms with van der Waals surface area (Å²) in [5, 5.41) is 5.45. The maximum Gasteiger partial charge on any atom is 0.227 e. The van der Waals surface area contributed by atoms with Crippen LogP contribution in [0.4, 0.5) is 0 Å². The Labute approximate surface area is 124 Å². The van der Waals surface area contributed by atoms with Crippen LogP contribution in [0.1, 0.15) is 36.6 Å². The van der Waals surface area contributed by atoms with Crippen molar-refractivity contribution in [3.63, 3.8) is 0 Å². The highest BCUT2D eigenvalue weighted by atomic mass is 35.5. The molecular formula is C14H21ClN2OS. The van der Waals surface area contributed by atoms with Crippen molar-refractivity contribution in [2.45, 2.75) is 31.7 Å². The van der Waals surface area contributed by atoms with Crippen molar-refractivity contribution in [3.05, 3.63) is 22.4 Å². The van der Waals surface area contributed by atoms with Gasteiger partial charge in [0.2, 0.25) is 5.91 Å². The molecule has 1 N–H and O–H groups in total. The van der Waals surface area contributed by atoms with Crippen LogP contribution < -0.4 is 5.32 Å². The minimum absolute atomic E-state index is 0. The molecule has 2 aliphatic heterocycles. The summed E-state index contributed by atoms with van der Waals surface area (Å²) in [5.74, 6) is 0.581. The van der Waals surface area contributed by atoms with E-state index < -0.39 is 0 Å². The number of piperidine rings is 1. The normalized spacial score (nSPS) is 27.1. The van der Waals surface area contributed by atoms with E-state index in [9.17, 15) is 4.79 Å². The lowest BCUT2D eigenvalue weighted by Crippen LogP contribution is -2.42. The minimum atomic E-state index is 0. The van der Waals surface area contributed by atoms with Crippen LogP contribution in [-0.4, -0.2) is 30.4 Å². The lowest BCUT2D eigenvalue weighted by atomic mass is 9.97. The first-order valence-corrected chi connectivity index (χ1v) is 7.79. The predicted molar refractivity (Wildman–Crippen MR) is 80.8 cm³/mol. The van der Waals surface area contributed by atoms with Crippen molar-refractivity contribution in [2.24, 2.45) is 5.92 Å². The first-order valence-electron chi connectivity index (χ1n) is 6.91. The van der Waals surface area contributed by atoms with Crippen LogP contribution in [0.25, 0.3) is 0 Å². The average molecular weight is 301 g/mol. The van der Waals surface area contributed by atoms with Gasteiger partial charge in [-0.3, -0.25) is 4.79 Å². The minimum Gasteiger partial charge on any atom is -0.335 e. The van der Waals surface area contributed by atoms with Gasteiger partial charge in [0.05, 0.1) is 12.0 Å². The van der Waals surface area contributed by atoms with E-state index in [0.717, 1.165) is 45.3 Å². The third-order valence-corrected chi connectivity index (χ3v) is 5.03. The molecule has 19 heavy (non-hydrogen) atoms. The summed E-state index contributed by atoms with van der Waals surface area (Å²) in [5.41, 5.74) is 0. The van der Waals surface area contributed by atoms with Gasteiger partial charge >= 0.3 is 0 Å². The Balaban J connectivity index is 0.00000133. The Hall–Kier alpha value is -0.580. The summed E-state index contributed by atoms with van der Waals surface area (Å²) < 4.78 is 0. The smallest absolute Gasteiger partial charge is 0.227 e. The van der Waals surface area contributed by atoms with Gasteiger partial charge in [-0.1, -0.05) is 6.07 Å². The molecule has 3 rings (SSSR count). The van der Waals surface area contributed by atoms with Crippen molar-refractivity contribution in [1.82, 2.24) is 10.2 Å². The highest BCUT2D eigenvalue weighted by molar-refractivity contribution is 7.10. The van der Waals surface area contributed by atoms with Crippen molar-refractivity contribution < 1.29 is 4.79 Å². The molecule has 0 radical (unpaired) electrons. The van der Waals surface area contributed by atoms with E-state index in [-0.39, 0.29) is 18.3 Å². The largest absolute Gasteiger partial charge is 0.335 e. The number of thiophene rings is 1. The van der Waals surface area contributed by atoms with Gasteiger partial charge in [-0.2, -0.15) is 0 Å².